The number of halogens is 3. The predicted molar refractivity (Wildman–Crippen MR) is 73.9 cm³/mol. The Kier molecular flexibility index (Phi) is 4.32. The number of hydrogen-bond acceptors (Lipinski definition) is 1. The minimum Gasteiger partial charge on any atom is -0.388 e. The maximum Gasteiger partial charge on any atom is 0.127 e. The van der Waals surface area contributed by atoms with Crippen LogP contribution in [0.5, 0.6) is 0 Å². The summed E-state index contributed by atoms with van der Waals surface area (Å²) < 4.78 is 27.7. The van der Waals surface area contributed by atoms with Crippen molar-refractivity contribution in [2.45, 2.75) is 19.4 Å². The van der Waals surface area contributed by atoms with Crippen LogP contribution < -0.4 is 0 Å². The average Bonchev–Trinajstić information content (AvgIpc) is 2.36. The van der Waals surface area contributed by atoms with Gasteiger partial charge >= 0.3 is 0 Å². The van der Waals surface area contributed by atoms with Crippen LogP contribution in [0.25, 0.3) is 0 Å². The van der Waals surface area contributed by atoms with Gasteiger partial charge in [0.05, 0.1) is 6.10 Å². The first kappa shape index (κ1) is 14.2. The molecule has 1 unspecified atom stereocenters. The Morgan fingerprint density at radius 2 is 1.84 bits per heavy atom. The lowest BCUT2D eigenvalue weighted by atomic mass is 10.00. The quantitative estimate of drug-likeness (QED) is 0.891. The van der Waals surface area contributed by atoms with Gasteiger partial charge in [0.15, 0.2) is 0 Å². The van der Waals surface area contributed by atoms with E-state index in [1.807, 2.05) is 0 Å². The first-order valence-corrected chi connectivity index (χ1v) is 6.64. The molecule has 0 saturated carbocycles. The standard InChI is InChI=1S/C15H13BrF2O/c1-9-2-3-11(6-13(9)17)15(19)7-10-4-5-12(16)8-14(10)18/h2-6,8,15,19H,7H2,1H3. The van der Waals surface area contributed by atoms with Gasteiger partial charge in [-0.2, -0.15) is 0 Å². The molecule has 0 saturated heterocycles. The molecule has 2 aromatic rings. The van der Waals surface area contributed by atoms with Crippen LogP contribution in [0.2, 0.25) is 0 Å². The maximum atomic E-state index is 13.7. The number of aliphatic hydroxyl groups is 1. The Balaban J connectivity index is 2.20. The maximum absolute atomic E-state index is 13.7. The smallest absolute Gasteiger partial charge is 0.127 e. The van der Waals surface area contributed by atoms with Gasteiger partial charge in [-0.05, 0) is 41.8 Å². The van der Waals surface area contributed by atoms with E-state index in [0.717, 1.165) is 0 Å². The second-order valence-electron chi connectivity index (χ2n) is 4.46. The molecule has 0 aliphatic heterocycles. The van der Waals surface area contributed by atoms with Gasteiger partial charge in [-0.15, -0.1) is 0 Å². The summed E-state index contributed by atoms with van der Waals surface area (Å²) >= 11 is 3.17. The van der Waals surface area contributed by atoms with Crippen LogP contribution >= 0.6 is 15.9 Å². The zero-order valence-electron chi connectivity index (χ0n) is 10.3. The largest absolute Gasteiger partial charge is 0.388 e. The summed E-state index contributed by atoms with van der Waals surface area (Å²) in [5, 5.41) is 10.0. The molecule has 0 aromatic heterocycles. The Hall–Kier alpha value is -1.26. The second-order valence-corrected chi connectivity index (χ2v) is 5.38. The van der Waals surface area contributed by atoms with Crippen LogP contribution in [-0.4, -0.2) is 5.11 Å². The normalized spacial score (nSPS) is 12.5. The van der Waals surface area contributed by atoms with Gasteiger partial charge in [0, 0.05) is 10.9 Å². The van der Waals surface area contributed by atoms with Gasteiger partial charge in [-0.25, -0.2) is 8.78 Å². The van der Waals surface area contributed by atoms with Gasteiger partial charge in [0.25, 0.3) is 0 Å². The highest BCUT2D eigenvalue weighted by atomic mass is 79.9. The van der Waals surface area contributed by atoms with Crippen molar-refractivity contribution in [2.75, 3.05) is 0 Å². The van der Waals surface area contributed by atoms with E-state index < -0.39 is 6.10 Å². The molecule has 1 nitrogen and oxygen atoms in total. The zero-order chi connectivity index (χ0) is 14.0. The van der Waals surface area contributed by atoms with Crippen molar-refractivity contribution in [1.29, 1.82) is 0 Å². The second kappa shape index (κ2) is 5.80. The lowest BCUT2D eigenvalue weighted by Crippen LogP contribution is -2.04. The number of benzene rings is 2. The zero-order valence-corrected chi connectivity index (χ0v) is 11.9. The lowest BCUT2D eigenvalue weighted by molar-refractivity contribution is 0.176. The Morgan fingerprint density at radius 1 is 1.11 bits per heavy atom. The first-order valence-electron chi connectivity index (χ1n) is 5.85. The van der Waals surface area contributed by atoms with Crippen LogP contribution in [0.15, 0.2) is 40.9 Å². The summed E-state index contributed by atoms with van der Waals surface area (Å²) in [5.41, 5.74) is 1.37. The van der Waals surface area contributed by atoms with E-state index in [0.29, 0.717) is 21.2 Å². The fourth-order valence-electron chi connectivity index (χ4n) is 1.83. The minimum absolute atomic E-state index is 0.113. The summed E-state index contributed by atoms with van der Waals surface area (Å²) in [7, 11) is 0. The van der Waals surface area contributed by atoms with Gasteiger partial charge in [-0.1, -0.05) is 34.1 Å². The molecule has 0 heterocycles. The number of aliphatic hydroxyl groups excluding tert-OH is 1. The summed E-state index contributed by atoms with van der Waals surface area (Å²) in [6, 6.07) is 9.20. The van der Waals surface area contributed by atoms with E-state index in [4.69, 9.17) is 0 Å². The molecule has 0 aliphatic carbocycles. The van der Waals surface area contributed by atoms with E-state index in [-0.39, 0.29) is 18.1 Å². The Labute approximate surface area is 119 Å². The van der Waals surface area contributed by atoms with Crippen LogP contribution in [0, 0.1) is 18.6 Å². The summed E-state index contributed by atoms with van der Waals surface area (Å²) in [4.78, 5) is 0. The molecule has 1 N–H and O–H groups in total. The Morgan fingerprint density at radius 3 is 2.47 bits per heavy atom. The molecule has 1 atom stereocenters. The highest BCUT2D eigenvalue weighted by Gasteiger charge is 2.13. The molecule has 4 heteroatoms. The van der Waals surface area contributed by atoms with Crippen molar-refractivity contribution in [3.8, 4) is 0 Å². The number of hydrogen-bond donors (Lipinski definition) is 1. The minimum atomic E-state index is -0.925. The van der Waals surface area contributed by atoms with Crippen molar-refractivity contribution < 1.29 is 13.9 Å². The summed E-state index contributed by atoms with van der Waals surface area (Å²) in [6.45, 7) is 1.65. The third kappa shape index (κ3) is 3.39. The van der Waals surface area contributed by atoms with E-state index in [1.54, 1.807) is 31.2 Å². The average molecular weight is 327 g/mol. The van der Waals surface area contributed by atoms with Crippen molar-refractivity contribution in [1.82, 2.24) is 0 Å². The highest BCUT2D eigenvalue weighted by molar-refractivity contribution is 9.10. The third-order valence-corrected chi connectivity index (χ3v) is 3.50. The SMILES string of the molecule is Cc1ccc(C(O)Cc2ccc(Br)cc2F)cc1F. The first-order chi connectivity index (χ1) is 8.97. The number of rotatable bonds is 3. The molecular weight excluding hydrogens is 314 g/mol. The molecule has 2 rings (SSSR count). The molecule has 0 spiro atoms. The molecule has 0 fully saturated rings. The molecule has 2 aromatic carbocycles. The van der Waals surface area contributed by atoms with Crippen LogP contribution in [0.3, 0.4) is 0 Å². The van der Waals surface area contributed by atoms with Crippen molar-refractivity contribution >= 4 is 15.9 Å². The molecular formula is C15H13BrF2O. The predicted octanol–water partition coefficient (Wildman–Crippen LogP) is 4.31. The van der Waals surface area contributed by atoms with Crippen molar-refractivity contribution in [3.05, 3.63) is 69.2 Å². The topological polar surface area (TPSA) is 20.2 Å². The fourth-order valence-corrected chi connectivity index (χ4v) is 2.16. The highest BCUT2D eigenvalue weighted by Crippen LogP contribution is 2.23. The van der Waals surface area contributed by atoms with Gasteiger partial charge in [-0.3, -0.25) is 0 Å². The monoisotopic (exact) mass is 326 g/mol. The molecule has 0 amide bonds. The van der Waals surface area contributed by atoms with E-state index >= 15 is 0 Å². The summed E-state index contributed by atoms with van der Waals surface area (Å²) in [6.07, 6.45) is -0.812. The van der Waals surface area contributed by atoms with E-state index in [9.17, 15) is 13.9 Å². The molecule has 0 aliphatic rings. The lowest BCUT2D eigenvalue weighted by Gasteiger charge is -2.12. The Bertz CT molecular complexity index is 599. The molecule has 0 radical (unpaired) electrons. The summed E-state index contributed by atoms with van der Waals surface area (Å²) in [5.74, 6) is -0.756. The van der Waals surface area contributed by atoms with Gasteiger partial charge in [0.2, 0.25) is 0 Å². The number of aryl methyl sites for hydroxylation is 1. The van der Waals surface area contributed by atoms with Crippen LogP contribution in [0.1, 0.15) is 22.8 Å². The van der Waals surface area contributed by atoms with E-state index in [1.165, 1.54) is 12.1 Å². The van der Waals surface area contributed by atoms with E-state index in [2.05, 4.69) is 15.9 Å². The van der Waals surface area contributed by atoms with Gasteiger partial charge in [0.1, 0.15) is 11.6 Å². The van der Waals surface area contributed by atoms with Crippen molar-refractivity contribution in [2.24, 2.45) is 0 Å². The molecule has 0 bridgehead atoms. The molecule has 19 heavy (non-hydrogen) atoms. The fraction of sp³-hybridized carbons (Fsp3) is 0.200. The van der Waals surface area contributed by atoms with Crippen LogP contribution in [0.4, 0.5) is 8.78 Å². The van der Waals surface area contributed by atoms with Gasteiger partial charge < -0.3 is 5.11 Å². The van der Waals surface area contributed by atoms with Crippen LogP contribution in [-0.2, 0) is 6.42 Å². The molecule has 100 valence electrons. The van der Waals surface area contributed by atoms with Crippen molar-refractivity contribution in [3.63, 3.8) is 0 Å². The third-order valence-electron chi connectivity index (χ3n) is 3.01.